The van der Waals surface area contributed by atoms with E-state index in [-0.39, 0.29) is 6.04 Å². The van der Waals surface area contributed by atoms with E-state index in [4.69, 9.17) is 9.84 Å². The fourth-order valence-corrected chi connectivity index (χ4v) is 2.68. The van der Waals surface area contributed by atoms with Crippen LogP contribution in [-0.4, -0.2) is 18.2 Å². The van der Waals surface area contributed by atoms with E-state index in [1.165, 1.54) is 11.3 Å². The summed E-state index contributed by atoms with van der Waals surface area (Å²) in [4.78, 5) is 11.8. The van der Waals surface area contributed by atoms with Crippen LogP contribution in [0.25, 0.3) is 0 Å². The van der Waals surface area contributed by atoms with Gasteiger partial charge in [0.05, 0.1) is 12.7 Å². The number of ether oxygens (including phenoxy) is 1. The molecule has 1 heterocycles. The number of carbonyl (C=O) groups is 1. The highest BCUT2D eigenvalue weighted by Gasteiger charge is 2.09. The molecule has 0 fully saturated rings. The van der Waals surface area contributed by atoms with E-state index in [9.17, 15) is 4.79 Å². The molecule has 0 spiro atoms. The standard InChI is InChI=1S/C15H17NO3S/c1-10(11-4-3-5-13(6-11)19-2)16-8-14-7-12(9-20-14)15(17)18/h3-7,9-10,16H,8H2,1-2H3,(H,17,18)/t10-/m0/s1. The Kier molecular flexibility index (Phi) is 4.76. The van der Waals surface area contributed by atoms with Crippen LogP contribution in [0.15, 0.2) is 35.7 Å². The topological polar surface area (TPSA) is 58.6 Å². The first-order valence-electron chi connectivity index (χ1n) is 6.28. The summed E-state index contributed by atoms with van der Waals surface area (Å²) in [6.07, 6.45) is 0. The fourth-order valence-electron chi connectivity index (χ4n) is 1.87. The Morgan fingerprint density at radius 2 is 2.25 bits per heavy atom. The van der Waals surface area contributed by atoms with Gasteiger partial charge >= 0.3 is 5.97 Å². The van der Waals surface area contributed by atoms with Crippen LogP contribution in [0.2, 0.25) is 0 Å². The van der Waals surface area contributed by atoms with Crippen molar-refractivity contribution in [2.45, 2.75) is 19.5 Å². The molecule has 0 aliphatic rings. The second kappa shape index (κ2) is 6.54. The number of thiophene rings is 1. The average Bonchev–Trinajstić information content (AvgIpc) is 2.94. The number of aromatic carboxylic acids is 1. The van der Waals surface area contributed by atoms with Gasteiger partial charge in [-0.25, -0.2) is 4.79 Å². The van der Waals surface area contributed by atoms with Gasteiger partial charge in [0.1, 0.15) is 5.75 Å². The number of benzene rings is 1. The van der Waals surface area contributed by atoms with Crippen molar-refractivity contribution in [1.82, 2.24) is 5.32 Å². The molecule has 1 aromatic carbocycles. The third-order valence-corrected chi connectivity index (χ3v) is 4.01. The maximum Gasteiger partial charge on any atom is 0.336 e. The summed E-state index contributed by atoms with van der Waals surface area (Å²) in [6.45, 7) is 2.72. The van der Waals surface area contributed by atoms with E-state index in [0.717, 1.165) is 16.2 Å². The highest BCUT2D eigenvalue weighted by molar-refractivity contribution is 7.10. The Balaban J connectivity index is 1.96. The number of nitrogens with one attached hydrogen (secondary N) is 1. The third kappa shape index (κ3) is 3.59. The monoisotopic (exact) mass is 291 g/mol. The summed E-state index contributed by atoms with van der Waals surface area (Å²) in [5, 5.41) is 13.9. The largest absolute Gasteiger partial charge is 0.497 e. The summed E-state index contributed by atoms with van der Waals surface area (Å²) >= 11 is 1.45. The molecular weight excluding hydrogens is 274 g/mol. The van der Waals surface area contributed by atoms with Gasteiger partial charge in [-0.2, -0.15) is 0 Å². The second-order valence-electron chi connectivity index (χ2n) is 4.49. The lowest BCUT2D eigenvalue weighted by Crippen LogP contribution is -2.17. The molecule has 0 bridgehead atoms. The van der Waals surface area contributed by atoms with E-state index >= 15 is 0 Å². The predicted molar refractivity (Wildman–Crippen MR) is 79.5 cm³/mol. The smallest absolute Gasteiger partial charge is 0.336 e. The van der Waals surface area contributed by atoms with Crippen LogP contribution >= 0.6 is 11.3 Å². The van der Waals surface area contributed by atoms with Crippen molar-refractivity contribution in [1.29, 1.82) is 0 Å². The van der Waals surface area contributed by atoms with Crippen LogP contribution in [0.4, 0.5) is 0 Å². The molecule has 2 rings (SSSR count). The quantitative estimate of drug-likeness (QED) is 0.857. The Labute approximate surface area is 122 Å². The van der Waals surface area contributed by atoms with Gasteiger partial charge in [0, 0.05) is 22.8 Å². The zero-order valence-corrected chi connectivity index (χ0v) is 12.2. The number of hydrogen-bond acceptors (Lipinski definition) is 4. The molecule has 5 heteroatoms. The van der Waals surface area contributed by atoms with E-state index < -0.39 is 5.97 Å². The van der Waals surface area contributed by atoms with Gasteiger partial charge in [-0.1, -0.05) is 12.1 Å². The van der Waals surface area contributed by atoms with Gasteiger partial charge in [-0.05, 0) is 30.7 Å². The Morgan fingerprint density at radius 1 is 1.45 bits per heavy atom. The molecule has 1 atom stereocenters. The molecule has 2 N–H and O–H groups in total. The minimum absolute atomic E-state index is 0.167. The maximum absolute atomic E-state index is 10.8. The SMILES string of the molecule is COc1cccc([C@H](C)NCc2cc(C(=O)O)cs2)c1. The van der Waals surface area contributed by atoms with Crippen LogP contribution in [0, 0.1) is 0 Å². The van der Waals surface area contributed by atoms with Gasteiger partial charge in [-0.3, -0.25) is 0 Å². The Hall–Kier alpha value is -1.85. The molecule has 0 saturated carbocycles. The molecule has 1 aromatic heterocycles. The van der Waals surface area contributed by atoms with Crippen LogP contribution < -0.4 is 10.1 Å². The van der Waals surface area contributed by atoms with Gasteiger partial charge in [0.25, 0.3) is 0 Å². The van der Waals surface area contributed by atoms with Gasteiger partial charge in [-0.15, -0.1) is 11.3 Å². The van der Waals surface area contributed by atoms with E-state index in [1.807, 2.05) is 24.3 Å². The van der Waals surface area contributed by atoms with Crippen LogP contribution in [-0.2, 0) is 6.54 Å². The first kappa shape index (κ1) is 14.6. The zero-order chi connectivity index (χ0) is 14.5. The molecule has 0 saturated heterocycles. The lowest BCUT2D eigenvalue weighted by Gasteiger charge is -2.14. The van der Waals surface area contributed by atoms with E-state index in [0.29, 0.717) is 12.1 Å². The lowest BCUT2D eigenvalue weighted by molar-refractivity contribution is 0.0697. The molecule has 0 unspecified atom stereocenters. The number of carboxylic acids is 1. The second-order valence-corrected chi connectivity index (χ2v) is 5.48. The van der Waals surface area contributed by atoms with Gasteiger partial charge < -0.3 is 15.2 Å². The molecule has 106 valence electrons. The lowest BCUT2D eigenvalue weighted by atomic mass is 10.1. The van der Waals surface area contributed by atoms with Gasteiger partial charge in [0.15, 0.2) is 0 Å². The first-order valence-corrected chi connectivity index (χ1v) is 7.16. The van der Waals surface area contributed by atoms with Gasteiger partial charge in [0.2, 0.25) is 0 Å². The van der Waals surface area contributed by atoms with Crippen molar-refractivity contribution in [3.05, 3.63) is 51.7 Å². The van der Waals surface area contributed by atoms with Crippen molar-refractivity contribution in [2.75, 3.05) is 7.11 Å². The van der Waals surface area contributed by atoms with Crippen LogP contribution in [0.1, 0.15) is 33.8 Å². The van der Waals surface area contributed by atoms with Crippen molar-refractivity contribution in [2.24, 2.45) is 0 Å². The number of methoxy groups -OCH3 is 1. The molecule has 20 heavy (non-hydrogen) atoms. The van der Waals surface area contributed by atoms with Crippen molar-refractivity contribution >= 4 is 17.3 Å². The zero-order valence-electron chi connectivity index (χ0n) is 11.4. The number of carboxylic acid groups (broad SMARTS) is 1. The van der Waals surface area contributed by atoms with Crippen molar-refractivity contribution in [3.63, 3.8) is 0 Å². The molecule has 0 aliphatic heterocycles. The minimum atomic E-state index is -0.881. The summed E-state index contributed by atoms with van der Waals surface area (Å²) < 4.78 is 5.21. The summed E-state index contributed by atoms with van der Waals surface area (Å²) in [7, 11) is 1.65. The minimum Gasteiger partial charge on any atom is -0.497 e. The molecule has 4 nitrogen and oxygen atoms in total. The number of rotatable bonds is 6. The summed E-state index contributed by atoms with van der Waals surface area (Å²) in [5.41, 5.74) is 1.49. The normalized spacial score (nSPS) is 12.1. The third-order valence-electron chi connectivity index (χ3n) is 3.08. The summed E-state index contributed by atoms with van der Waals surface area (Å²) in [5.74, 6) is -0.0474. The number of hydrogen-bond donors (Lipinski definition) is 2. The van der Waals surface area contributed by atoms with Crippen LogP contribution in [0.3, 0.4) is 0 Å². The molecule has 0 amide bonds. The molecular formula is C15H17NO3S. The van der Waals surface area contributed by atoms with E-state index in [2.05, 4.69) is 12.2 Å². The highest BCUT2D eigenvalue weighted by atomic mass is 32.1. The first-order chi connectivity index (χ1) is 9.60. The maximum atomic E-state index is 10.8. The van der Waals surface area contributed by atoms with Crippen molar-refractivity contribution < 1.29 is 14.6 Å². The molecule has 2 aromatic rings. The summed E-state index contributed by atoms with van der Waals surface area (Å²) in [6, 6.07) is 9.78. The predicted octanol–water partition coefficient (Wildman–Crippen LogP) is 3.31. The van der Waals surface area contributed by atoms with E-state index in [1.54, 1.807) is 18.6 Å². The molecule has 0 aliphatic carbocycles. The average molecular weight is 291 g/mol. The fraction of sp³-hybridized carbons (Fsp3) is 0.267. The van der Waals surface area contributed by atoms with Crippen LogP contribution in [0.5, 0.6) is 5.75 Å². The molecule has 0 radical (unpaired) electrons. The Bertz CT molecular complexity index is 594. The highest BCUT2D eigenvalue weighted by Crippen LogP contribution is 2.20. The van der Waals surface area contributed by atoms with Crippen molar-refractivity contribution in [3.8, 4) is 5.75 Å². The Morgan fingerprint density at radius 3 is 2.90 bits per heavy atom.